The molecule has 0 saturated heterocycles. The molecular formula is C15H13F3N4O5S. The van der Waals surface area contributed by atoms with Crippen molar-refractivity contribution in [3.63, 3.8) is 0 Å². The highest BCUT2D eigenvalue weighted by Crippen LogP contribution is 2.29. The normalized spacial score (nSPS) is 14.7. The van der Waals surface area contributed by atoms with Gasteiger partial charge in [0.2, 0.25) is 5.88 Å². The minimum Gasteiger partial charge on any atom is -0.381 e. The van der Waals surface area contributed by atoms with Crippen LogP contribution in [0.2, 0.25) is 0 Å². The molecule has 0 atom stereocenters. The van der Waals surface area contributed by atoms with E-state index in [4.69, 9.17) is 4.74 Å². The van der Waals surface area contributed by atoms with Crippen LogP contribution in [0.15, 0.2) is 24.7 Å². The third-order valence-electron chi connectivity index (χ3n) is 3.69. The lowest BCUT2D eigenvalue weighted by atomic mass is 10.0. The summed E-state index contributed by atoms with van der Waals surface area (Å²) in [6, 6.07) is 0.846. The number of hydrogen-bond acceptors (Lipinski definition) is 8. The molecule has 150 valence electrons. The summed E-state index contributed by atoms with van der Waals surface area (Å²) in [4.78, 5) is 24.1. The predicted molar refractivity (Wildman–Crippen MR) is 88.1 cm³/mol. The average molecular weight is 418 g/mol. The Balaban J connectivity index is 2.01. The molecule has 0 saturated carbocycles. The summed E-state index contributed by atoms with van der Waals surface area (Å²) in [5.74, 6) is -1.48. The van der Waals surface area contributed by atoms with Crippen molar-refractivity contribution in [3.05, 3.63) is 41.5 Å². The summed E-state index contributed by atoms with van der Waals surface area (Å²) in [6.07, 6.45) is 4.43. The van der Waals surface area contributed by atoms with Gasteiger partial charge in [-0.15, -0.1) is 0 Å². The summed E-state index contributed by atoms with van der Waals surface area (Å²) < 4.78 is 69.8. The number of fused-ring (bicyclic) bond motifs is 1. The first-order valence-corrected chi connectivity index (χ1v) is 9.27. The Morgan fingerprint density at radius 3 is 2.64 bits per heavy atom. The number of hydrogen-bond donors (Lipinski definition) is 1. The molecule has 0 aromatic carbocycles. The molecule has 1 amide bonds. The highest BCUT2D eigenvalue weighted by atomic mass is 32.2. The number of aromatic nitrogens is 3. The van der Waals surface area contributed by atoms with E-state index in [1.54, 1.807) is 0 Å². The number of pyridine rings is 1. The van der Waals surface area contributed by atoms with Gasteiger partial charge in [-0.3, -0.25) is 9.78 Å². The highest BCUT2D eigenvalue weighted by Gasteiger charge is 2.49. The van der Waals surface area contributed by atoms with E-state index in [0.717, 1.165) is 6.07 Å². The number of carbonyl (C=O) groups excluding carboxylic acids is 1. The first kappa shape index (κ1) is 19.9. The zero-order valence-electron chi connectivity index (χ0n) is 14.1. The zero-order valence-corrected chi connectivity index (χ0v) is 14.9. The maximum atomic E-state index is 12.6. The van der Waals surface area contributed by atoms with E-state index in [0.29, 0.717) is 5.56 Å². The van der Waals surface area contributed by atoms with Crippen LogP contribution in [-0.2, 0) is 27.7 Å². The Bertz CT molecular complexity index is 983. The first-order chi connectivity index (χ1) is 13.2. The molecular weight excluding hydrogens is 405 g/mol. The Hall–Kier alpha value is -2.80. The molecule has 3 rings (SSSR count). The minimum atomic E-state index is -5.94. The van der Waals surface area contributed by atoms with Gasteiger partial charge in [0, 0.05) is 24.9 Å². The lowest BCUT2D eigenvalue weighted by molar-refractivity contribution is -0.0501. The molecule has 0 unspecified atom stereocenters. The standard InChI is InChI=1S/C15H13F3N4O5S/c16-15(17,18)28(24,25)27-13-7-10(9-1-5-26-6-2-11(9)21-13)14(23)22-12-8-19-3-4-20-12/h3-4,7-8H,1-2,5-6H2,(H,20,22,23). The Labute approximate surface area is 157 Å². The van der Waals surface area contributed by atoms with Crippen molar-refractivity contribution < 1.29 is 35.3 Å². The topological polar surface area (TPSA) is 120 Å². The number of alkyl halides is 3. The van der Waals surface area contributed by atoms with Crippen molar-refractivity contribution in [2.75, 3.05) is 18.5 Å². The molecule has 2 aromatic rings. The van der Waals surface area contributed by atoms with Crippen LogP contribution >= 0.6 is 0 Å². The smallest absolute Gasteiger partial charge is 0.381 e. The van der Waals surface area contributed by atoms with Crippen molar-refractivity contribution in [2.24, 2.45) is 0 Å². The molecule has 13 heteroatoms. The van der Waals surface area contributed by atoms with Crippen LogP contribution < -0.4 is 9.50 Å². The van der Waals surface area contributed by atoms with Crippen LogP contribution in [0.25, 0.3) is 0 Å². The van der Waals surface area contributed by atoms with Gasteiger partial charge >= 0.3 is 15.6 Å². The van der Waals surface area contributed by atoms with E-state index >= 15 is 0 Å². The van der Waals surface area contributed by atoms with Gasteiger partial charge in [0.25, 0.3) is 5.91 Å². The molecule has 1 aliphatic rings. The van der Waals surface area contributed by atoms with Crippen molar-refractivity contribution >= 4 is 21.8 Å². The van der Waals surface area contributed by atoms with Gasteiger partial charge in [-0.1, -0.05) is 0 Å². The Kier molecular flexibility index (Phi) is 5.47. The second kappa shape index (κ2) is 7.67. The molecule has 0 spiro atoms. The van der Waals surface area contributed by atoms with E-state index in [1.807, 2.05) is 0 Å². The molecule has 0 radical (unpaired) electrons. The van der Waals surface area contributed by atoms with E-state index < -0.39 is 27.4 Å². The summed E-state index contributed by atoms with van der Waals surface area (Å²) in [5, 5.41) is 2.44. The van der Waals surface area contributed by atoms with Crippen molar-refractivity contribution in [1.82, 2.24) is 15.0 Å². The van der Waals surface area contributed by atoms with Crippen LogP contribution in [0.3, 0.4) is 0 Å². The van der Waals surface area contributed by atoms with Crippen LogP contribution in [-0.4, -0.2) is 48.0 Å². The van der Waals surface area contributed by atoms with Crippen molar-refractivity contribution in [1.29, 1.82) is 0 Å². The van der Waals surface area contributed by atoms with Gasteiger partial charge in [-0.25, -0.2) is 9.97 Å². The zero-order chi connectivity index (χ0) is 20.4. The molecule has 3 heterocycles. The van der Waals surface area contributed by atoms with Gasteiger partial charge in [-0.05, 0) is 12.0 Å². The predicted octanol–water partition coefficient (Wildman–Crippen LogP) is 1.47. The van der Waals surface area contributed by atoms with Gasteiger partial charge in [0.1, 0.15) is 0 Å². The van der Waals surface area contributed by atoms with Gasteiger partial charge in [0.15, 0.2) is 5.82 Å². The number of anilines is 1. The van der Waals surface area contributed by atoms with Crippen molar-refractivity contribution in [3.8, 4) is 5.88 Å². The lowest BCUT2D eigenvalue weighted by Gasteiger charge is -2.14. The quantitative estimate of drug-likeness (QED) is 0.585. The van der Waals surface area contributed by atoms with Gasteiger partial charge in [-0.2, -0.15) is 21.6 Å². The molecule has 2 aromatic heterocycles. The number of nitrogens with zero attached hydrogens (tertiary/aromatic N) is 3. The molecule has 1 N–H and O–H groups in total. The second-order valence-electron chi connectivity index (χ2n) is 5.57. The lowest BCUT2D eigenvalue weighted by Crippen LogP contribution is -2.29. The average Bonchev–Trinajstić information content (AvgIpc) is 2.86. The highest BCUT2D eigenvalue weighted by molar-refractivity contribution is 7.87. The maximum absolute atomic E-state index is 12.6. The number of ether oxygens (including phenoxy) is 1. The monoisotopic (exact) mass is 418 g/mol. The third kappa shape index (κ3) is 4.36. The third-order valence-corrected chi connectivity index (χ3v) is 4.65. The minimum absolute atomic E-state index is 0.0893. The number of halogens is 3. The fraction of sp³-hybridized carbons (Fsp3) is 0.333. The number of nitrogens with one attached hydrogen (secondary N) is 1. The molecule has 9 nitrogen and oxygen atoms in total. The summed E-state index contributed by atoms with van der Waals surface area (Å²) >= 11 is 0. The largest absolute Gasteiger partial charge is 0.534 e. The van der Waals surface area contributed by atoms with Crippen LogP contribution in [0.5, 0.6) is 5.88 Å². The fourth-order valence-corrected chi connectivity index (χ4v) is 2.89. The SMILES string of the molecule is O=C(Nc1cnccn1)c1cc(OS(=O)(=O)C(F)(F)F)nc2c1CCOCC2. The Morgan fingerprint density at radius 1 is 1.21 bits per heavy atom. The first-order valence-electron chi connectivity index (χ1n) is 7.86. The summed E-state index contributed by atoms with van der Waals surface area (Å²) in [6.45, 7) is 0.474. The van der Waals surface area contributed by atoms with Crippen LogP contribution in [0, 0.1) is 0 Å². The van der Waals surface area contributed by atoms with E-state index in [9.17, 15) is 26.4 Å². The molecule has 28 heavy (non-hydrogen) atoms. The molecule has 0 fully saturated rings. The molecule has 1 aliphatic heterocycles. The van der Waals surface area contributed by atoms with Gasteiger partial charge < -0.3 is 14.2 Å². The summed E-state index contributed by atoms with van der Waals surface area (Å²) in [5.41, 5.74) is -5.08. The van der Waals surface area contributed by atoms with E-state index in [-0.39, 0.29) is 43.1 Å². The number of rotatable bonds is 4. The van der Waals surface area contributed by atoms with Gasteiger partial charge in [0.05, 0.1) is 30.7 Å². The number of amides is 1. The molecule has 0 bridgehead atoms. The fourth-order valence-electron chi connectivity index (χ4n) is 2.48. The second-order valence-corrected chi connectivity index (χ2v) is 7.11. The maximum Gasteiger partial charge on any atom is 0.534 e. The van der Waals surface area contributed by atoms with Crippen molar-refractivity contribution in [2.45, 2.75) is 18.3 Å². The van der Waals surface area contributed by atoms with E-state index in [2.05, 4.69) is 24.5 Å². The van der Waals surface area contributed by atoms with Crippen LogP contribution in [0.4, 0.5) is 19.0 Å². The number of carbonyl (C=O) groups is 1. The molecule has 0 aliphatic carbocycles. The van der Waals surface area contributed by atoms with E-state index in [1.165, 1.54) is 18.6 Å². The Morgan fingerprint density at radius 2 is 1.96 bits per heavy atom. The summed E-state index contributed by atoms with van der Waals surface area (Å²) in [7, 11) is -5.94. The van der Waals surface area contributed by atoms with Crippen LogP contribution in [0.1, 0.15) is 21.6 Å².